The molecule has 1 unspecified atom stereocenters. The number of halogens is 1. The molecule has 0 spiro atoms. The van der Waals surface area contributed by atoms with E-state index in [9.17, 15) is 4.79 Å². The lowest BCUT2D eigenvalue weighted by Crippen LogP contribution is -2.30. The summed E-state index contributed by atoms with van der Waals surface area (Å²) in [6.45, 7) is 3.88. The summed E-state index contributed by atoms with van der Waals surface area (Å²) in [7, 11) is 0. The van der Waals surface area contributed by atoms with Crippen LogP contribution in [0.3, 0.4) is 0 Å². The van der Waals surface area contributed by atoms with Gasteiger partial charge < -0.3 is 4.79 Å². The number of alkyl halides is 1. The molecule has 0 aliphatic heterocycles. The fraction of sp³-hybridized carbons (Fsp3) is 0.417. The second-order valence-corrected chi connectivity index (χ2v) is 4.37. The van der Waals surface area contributed by atoms with Gasteiger partial charge >= 0.3 is 0 Å². The van der Waals surface area contributed by atoms with E-state index in [0.29, 0.717) is 6.54 Å². The molecule has 1 rings (SSSR count). The van der Waals surface area contributed by atoms with Crippen LogP contribution in [0.5, 0.6) is 0 Å². The molecule has 0 bridgehead atoms. The zero-order valence-electron chi connectivity index (χ0n) is 8.90. The van der Waals surface area contributed by atoms with Crippen molar-refractivity contribution in [2.75, 3.05) is 13.1 Å². The molecule has 0 saturated carbocycles. The molecule has 1 atom stereocenters. The minimum absolute atomic E-state index is 0.0636. The van der Waals surface area contributed by atoms with Gasteiger partial charge in [0.05, 0.1) is 6.54 Å². The number of hydrogen-bond donors (Lipinski definition) is 0. The van der Waals surface area contributed by atoms with Gasteiger partial charge in [-0.05, 0) is 12.5 Å². The van der Waals surface area contributed by atoms with Crippen LogP contribution in [-0.4, -0.2) is 29.7 Å². The van der Waals surface area contributed by atoms with E-state index in [1.807, 2.05) is 30.0 Å². The minimum Gasteiger partial charge on any atom is -0.302 e. The van der Waals surface area contributed by atoms with E-state index in [1.165, 1.54) is 5.56 Å². The zero-order chi connectivity index (χ0) is 11.1. The Morgan fingerprint density at radius 2 is 2.07 bits per heavy atom. The van der Waals surface area contributed by atoms with Gasteiger partial charge in [-0.1, -0.05) is 30.3 Å². The summed E-state index contributed by atoms with van der Waals surface area (Å²) in [6.07, 6.45) is 0.919. The molecule has 0 aliphatic rings. The fourth-order valence-corrected chi connectivity index (χ4v) is 1.70. The van der Waals surface area contributed by atoms with Crippen LogP contribution < -0.4 is 0 Å². The number of nitrogens with zero attached hydrogens (tertiary/aromatic N) is 1. The molecule has 0 radical (unpaired) electrons. The first-order valence-corrected chi connectivity index (χ1v) is 5.50. The lowest BCUT2D eigenvalue weighted by atomic mass is 10.2. The molecule has 3 heteroatoms. The summed E-state index contributed by atoms with van der Waals surface area (Å²) in [5.74, 6) is 0. The van der Waals surface area contributed by atoms with E-state index in [1.54, 1.807) is 0 Å². The van der Waals surface area contributed by atoms with Crippen LogP contribution in [0.15, 0.2) is 30.3 Å². The molecule has 1 aromatic carbocycles. The summed E-state index contributed by atoms with van der Waals surface area (Å²) < 4.78 is 0. The summed E-state index contributed by atoms with van der Waals surface area (Å²) in [5, 5.41) is 0.0636. The molecular formula is C12H16ClNO. The van der Waals surface area contributed by atoms with Crippen LogP contribution in [0.2, 0.25) is 0 Å². The van der Waals surface area contributed by atoms with Crippen LogP contribution in [0.1, 0.15) is 12.5 Å². The van der Waals surface area contributed by atoms with Crippen molar-refractivity contribution < 1.29 is 4.79 Å². The monoisotopic (exact) mass is 225 g/mol. The van der Waals surface area contributed by atoms with E-state index in [2.05, 4.69) is 12.1 Å². The van der Waals surface area contributed by atoms with Gasteiger partial charge in [-0.3, -0.25) is 4.90 Å². The molecule has 82 valence electrons. The van der Waals surface area contributed by atoms with Gasteiger partial charge in [-0.25, -0.2) is 0 Å². The van der Waals surface area contributed by atoms with E-state index in [4.69, 9.17) is 11.6 Å². The van der Waals surface area contributed by atoms with E-state index < -0.39 is 0 Å². The van der Waals surface area contributed by atoms with Gasteiger partial charge in [0.25, 0.3) is 0 Å². The smallest absolute Gasteiger partial charge is 0.133 e. The normalized spacial score (nSPS) is 12.7. The number of rotatable bonds is 6. The minimum atomic E-state index is 0.0636. The van der Waals surface area contributed by atoms with Crippen LogP contribution in [0.4, 0.5) is 0 Å². The highest BCUT2D eigenvalue weighted by Gasteiger charge is 2.08. The van der Waals surface area contributed by atoms with Gasteiger partial charge in [0.15, 0.2) is 0 Å². The van der Waals surface area contributed by atoms with Crippen LogP contribution in [-0.2, 0) is 11.3 Å². The van der Waals surface area contributed by atoms with E-state index in [0.717, 1.165) is 19.4 Å². The Morgan fingerprint density at radius 3 is 2.60 bits per heavy atom. The van der Waals surface area contributed by atoms with Gasteiger partial charge in [0.1, 0.15) is 6.29 Å². The summed E-state index contributed by atoms with van der Waals surface area (Å²) in [5.41, 5.74) is 1.21. The molecule has 1 aromatic rings. The van der Waals surface area contributed by atoms with Gasteiger partial charge in [-0.15, -0.1) is 11.6 Å². The second-order valence-electron chi connectivity index (χ2n) is 3.63. The second kappa shape index (κ2) is 6.59. The summed E-state index contributed by atoms with van der Waals surface area (Å²) in [4.78, 5) is 12.5. The van der Waals surface area contributed by atoms with Gasteiger partial charge in [0.2, 0.25) is 0 Å². The predicted octanol–water partition coefficient (Wildman–Crippen LogP) is 2.31. The highest BCUT2D eigenvalue weighted by molar-refractivity contribution is 6.20. The summed E-state index contributed by atoms with van der Waals surface area (Å²) in [6, 6.07) is 10.1. The van der Waals surface area contributed by atoms with Crippen molar-refractivity contribution in [1.29, 1.82) is 0 Å². The molecule has 0 heterocycles. The third-order valence-electron chi connectivity index (χ3n) is 2.09. The van der Waals surface area contributed by atoms with Gasteiger partial charge in [0, 0.05) is 18.5 Å². The van der Waals surface area contributed by atoms with Crippen molar-refractivity contribution in [3.8, 4) is 0 Å². The van der Waals surface area contributed by atoms with Crippen LogP contribution >= 0.6 is 11.6 Å². The molecule has 0 saturated heterocycles. The lowest BCUT2D eigenvalue weighted by Gasteiger charge is -2.20. The first kappa shape index (κ1) is 12.2. The SMILES string of the molecule is CC(Cl)CN(CC=O)Cc1ccccc1. The molecule has 2 nitrogen and oxygen atoms in total. The Hall–Kier alpha value is -0.860. The average Bonchev–Trinajstić information content (AvgIpc) is 2.18. The molecule has 0 fully saturated rings. The average molecular weight is 226 g/mol. The molecular weight excluding hydrogens is 210 g/mol. The maximum atomic E-state index is 10.5. The highest BCUT2D eigenvalue weighted by atomic mass is 35.5. The van der Waals surface area contributed by atoms with Crippen molar-refractivity contribution in [3.05, 3.63) is 35.9 Å². The maximum absolute atomic E-state index is 10.5. The number of carbonyl (C=O) groups excluding carboxylic acids is 1. The Labute approximate surface area is 95.8 Å². The van der Waals surface area contributed by atoms with Crippen molar-refractivity contribution >= 4 is 17.9 Å². The largest absolute Gasteiger partial charge is 0.302 e. The Morgan fingerprint density at radius 1 is 1.40 bits per heavy atom. The number of aldehydes is 1. The fourth-order valence-electron chi connectivity index (χ4n) is 1.51. The number of hydrogen-bond acceptors (Lipinski definition) is 2. The lowest BCUT2D eigenvalue weighted by molar-refractivity contribution is -0.109. The quantitative estimate of drug-likeness (QED) is 0.547. The van der Waals surface area contributed by atoms with E-state index >= 15 is 0 Å². The van der Waals surface area contributed by atoms with E-state index in [-0.39, 0.29) is 5.38 Å². The van der Waals surface area contributed by atoms with Crippen LogP contribution in [0.25, 0.3) is 0 Å². The topological polar surface area (TPSA) is 20.3 Å². The Bertz CT molecular complexity index is 287. The first-order valence-electron chi connectivity index (χ1n) is 5.06. The first-order chi connectivity index (χ1) is 7.22. The van der Waals surface area contributed by atoms with Crippen molar-refractivity contribution in [2.45, 2.75) is 18.8 Å². The molecule has 0 N–H and O–H groups in total. The molecule has 0 aromatic heterocycles. The Kier molecular flexibility index (Phi) is 5.37. The van der Waals surface area contributed by atoms with Crippen molar-refractivity contribution in [1.82, 2.24) is 4.90 Å². The maximum Gasteiger partial charge on any atom is 0.133 e. The number of benzene rings is 1. The third kappa shape index (κ3) is 4.96. The zero-order valence-corrected chi connectivity index (χ0v) is 9.65. The third-order valence-corrected chi connectivity index (χ3v) is 2.23. The number of carbonyl (C=O) groups is 1. The van der Waals surface area contributed by atoms with Crippen LogP contribution in [0, 0.1) is 0 Å². The highest BCUT2D eigenvalue weighted by Crippen LogP contribution is 2.06. The Balaban J connectivity index is 2.54. The standard InChI is InChI=1S/C12H16ClNO/c1-11(13)9-14(7-8-15)10-12-5-3-2-4-6-12/h2-6,8,11H,7,9-10H2,1H3. The molecule has 15 heavy (non-hydrogen) atoms. The molecule has 0 aliphatic carbocycles. The summed E-state index contributed by atoms with van der Waals surface area (Å²) >= 11 is 5.92. The van der Waals surface area contributed by atoms with Crippen molar-refractivity contribution in [2.24, 2.45) is 0 Å². The van der Waals surface area contributed by atoms with Crippen molar-refractivity contribution in [3.63, 3.8) is 0 Å². The predicted molar refractivity (Wildman–Crippen MR) is 63.1 cm³/mol. The molecule has 0 amide bonds. The van der Waals surface area contributed by atoms with Gasteiger partial charge in [-0.2, -0.15) is 0 Å².